The summed E-state index contributed by atoms with van der Waals surface area (Å²) in [5, 5.41) is 0. The average molecular weight is 363 g/mol. The molecule has 2 aromatic rings. The van der Waals surface area contributed by atoms with E-state index in [1.54, 1.807) is 0 Å². The predicted molar refractivity (Wildman–Crippen MR) is 120 cm³/mol. The third-order valence-corrected chi connectivity index (χ3v) is 8.19. The highest BCUT2D eigenvalue weighted by atomic mass is 14.4. The van der Waals surface area contributed by atoms with Gasteiger partial charge in [0.25, 0.3) is 0 Å². The van der Waals surface area contributed by atoms with Crippen LogP contribution in [0.25, 0.3) is 11.1 Å². The molecule has 0 amide bonds. The minimum absolute atomic E-state index is 0.0709. The molecule has 0 atom stereocenters. The van der Waals surface area contributed by atoms with Crippen LogP contribution in [0.4, 0.5) is 0 Å². The molecule has 0 N–H and O–H groups in total. The van der Waals surface area contributed by atoms with Gasteiger partial charge in [-0.3, -0.25) is 0 Å². The fourth-order valence-electron chi connectivity index (χ4n) is 4.80. The zero-order valence-electron chi connectivity index (χ0n) is 18.8. The largest absolute Gasteiger partial charge is 0.0645 e. The molecule has 0 spiro atoms. The Morgan fingerprint density at radius 3 is 1.26 bits per heavy atom. The van der Waals surface area contributed by atoms with Gasteiger partial charge in [0.05, 0.1) is 0 Å². The Labute approximate surface area is 167 Å². The monoisotopic (exact) mass is 362 g/mol. The lowest BCUT2D eigenvalue weighted by Crippen LogP contribution is -2.23. The van der Waals surface area contributed by atoms with E-state index in [0.717, 1.165) is 0 Å². The summed E-state index contributed by atoms with van der Waals surface area (Å²) in [6.45, 7) is 18.9. The van der Waals surface area contributed by atoms with Crippen molar-refractivity contribution in [1.29, 1.82) is 0 Å². The van der Waals surface area contributed by atoms with Gasteiger partial charge in [0.1, 0.15) is 0 Å². The van der Waals surface area contributed by atoms with Crippen molar-refractivity contribution in [3.05, 3.63) is 58.7 Å². The average Bonchev–Trinajstić information content (AvgIpc) is 2.93. The van der Waals surface area contributed by atoms with Crippen LogP contribution in [-0.2, 0) is 16.2 Å². The van der Waals surface area contributed by atoms with Crippen molar-refractivity contribution in [2.45, 2.75) is 97.3 Å². The molecular formula is C27H38. The second kappa shape index (κ2) is 6.80. The quantitative estimate of drug-likeness (QED) is 0.486. The van der Waals surface area contributed by atoms with Crippen LogP contribution in [-0.4, -0.2) is 0 Å². The van der Waals surface area contributed by atoms with Gasteiger partial charge in [0.15, 0.2) is 0 Å². The van der Waals surface area contributed by atoms with Crippen LogP contribution in [0.1, 0.15) is 103 Å². The van der Waals surface area contributed by atoms with E-state index in [9.17, 15) is 0 Å². The topological polar surface area (TPSA) is 0 Å². The Balaban J connectivity index is 2.16. The molecule has 146 valence electrons. The Bertz CT molecular complexity index is 760. The predicted octanol–water partition coefficient (Wildman–Crippen LogP) is 8.15. The van der Waals surface area contributed by atoms with E-state index in [1.165, 1.54) is 59.1 Å². The van der Waals surface area contributed by atoms with Crippen molar-refractivity contribution in [2.24, 2.45) is 0 Å². The summed E-state index contributed by atoms with van der Waals surface area (Å²) in [6.07, 6.45) is 4.74. The number of benzene rings is 2. The molecule has 1 aliphatic rings. The van der Waals surface area contributed by atoms with Gasteiger partial charge in [-0.2, -0.15) is 0 Å². The third-order valence-electron chi connectivity index (χ3n) is 8.19. The zero-order chi connectivity index (χ0) is 20.0. The first-order chi connectivity index (χ1) is 12.7. The van der Waals surface area contributed by atoms with Crippen molar-refractivity contribution >= 4 is 0 Å². The van der Waals surface area contributed by atoms with E-state index in [1.807, 2.05) is 0 Å². The molecule has 0 fully saturated rings. The van der Waals surface area contributed by atoms with Gasteiger partial charge >= 0.3 is 0 Å². The summed E-state index contributed by atoms with van der Waals surface area (Å²) in [4.78, 5) is 0. The summed E-state index contributed by atoms with van der Waals surface area (Å²) in [5.41, 5.74) is 9.51. The Hall–Kier alpha value is -1.56. The van der Waals surface area contributed by atoms with Gasteiger partial charge in [-0.15, -0.1) is 0 Å². The Morgan fingerprint density at radius 1 is 0.630 bits per heavy atom. The molecule has 3 rings (SSSR count). The van der Waals surface area contributed by atoms with Crippen LogP contribution in [0.2, 0.25) is 0 Å². The maximum absolute atomic E-state index is 2.51. The highest BCUT2D eigenvalue weighted by molar-refractivity contribution is 5.81. The molecule has 2 aromatic carbocycles. The smallest absolute Gasteiger partial charge is 0.0159 e. The summed E-state index contributed by atoms with van der Waals surface area (Å²) in [5.74, 6) is 0. The van der Waals surface area contributed by atoms with E-state index >= 15 is 0 Å². The number of rotatable bonds is 6. The molecule has 1 aliphatic carbocycles. The molecule has 0 bridgehead atoms. The van der Waals surface area contributed by atoms with Crippen molar-refractivity contribution < 1.29 is 0 Å². The minimum Gasteiger partial charge on any atom is -0.0645 e. The number of fused-ring (bicyclic) bond motifs is 3. The molecular weight excluding hydrogens is 324 g/mol. The van der Waals surface area contributed by atoms with E-state index in [4.69, 9.17) is 0 Å². The summed E-state index contributed by atoms with van der Waals surface area (Å²) < 4.78 is 0. The van der Waals surface area contributed by atoms with Crippen LogP contribution in [0.3, 0.4) is 0 Å². The highest BCUT2D eigenvalue weighted by Crippen LogP contribution is 2.51. The lowest BCUT2D eigenvalue weighted by Gasteiger charge is -2.31. The van der Waals surface area contributed by atoms with Gasteiger partial charge in [-0.1, -0.05) is 91.8 Å². The van der Waals surface area contributed by atoms with Crippen LogP contribution in [0.15, 0.2) is 36.4 Å². The fourth-order valence-corrected chi connectivity index (χ4v) is 4.80. The van der Waals surface area contributed by atoms with Crippen molar-refractivity contribution in [3.8, 4) is 11.1 Å². The molecule has 0 aliphatic heterocycles. The van der Waals surface area contributed by atoms with Crippen LogP contribution >= 0.6 is 0 Å². The minimum atomic E-state index is 0.0709. The van der Waals surface area contributed by atoms with E-state index < -0.39 is 0 Å². The molecule has 27 heavy (non-hydrogen) atoms. The van der Waals surface area contributed by atoms with Crippen molar-refractivity contribution in [2.75, 3.05) is 0 Å². The van der Waals surface area contributed by atoms with Gasteiger partial charge in [0.2, 0.25) is 0 Å². The molecule has 0 heteroatoms. The molecule has 0 saturated carbocycles. The molecule has 0 radical (unpaired) electrons. The zero-order valence-corrected chi connectivity index (χ0v) is 18.8. The SMILES string of the molecule is CCC(C)(CC)c1ccc2c(c1)C(C)(C)c1cc(C(C)(CC)CC)ccc1-2. The molecule has 0 aromatic heterocycles. The fraction of sp³-hybridized carbons (Fsp3) is 0.556. The number of hydrogen-bond donors (Lipinski definition) is 0. The van der Waals surface area contributed by atoms with Crippen LogP contribution in [0, 0.1) is 0 Å². The molecule has 0 unspecified atom stereocenters. The van der Waals surface area contributed by atoms with Gasteiger partial charge in [-0.05, 0) is 69.9 Å². The van der Waals surface area contributed by atoms with Crippen molar-refractivity contribution in [1.82, 2.24) is 0 Å². The Kier molecular flexibility index (Phi) is 5.08. The summed E-state index contributed by atoms with van der Waals surface area (Å²) in [6, 6.07) is 14.6. The number of hydrogen-bond acceptors (Lipinski definition) is 0. The maximum atomic E-state index is 2.51. The third kappa shape index (κ3) is 2.96. The lowest BCUT2D eigenvalue weighted by atomic mass is 9.73. The van der Waals surface area contributed by atoms with Gasteiger partial charge in [0, 0.05) is 5.41 Å². The maximum Gasteiger partial charge on any atom is 0.0159 e. The molecule has 0 heterocycles. The highest BCUT2D eigenvalue weighted by Gasteiger charge is 2.38. The second-order valence-corrected chi connectivity index (χ2v) is 9.68. The summed E-state index contributed by atoms with van der Waals surface area (Å²) >= 11 is 0. The second-order valence-electron chi connectivity index (χ2n) is 9.68. The standard InChI is InChI=1S/C27H38/c1-9-26(7,10-2)19-13-15-21-22-16-14-20(27(8,11-3)12-4)18-24(22)25(5,6)23(21)17-19/h13-18H,9-12H2,1-8H3. The van der Waals surface area contributed by atoms with Crippen LogP contribution in [0.5, 0.6) is 0 Å². The first-order valence-electron chi connectivity index (χ1n) is 11.0. The van der Waals surface area contributed by atoms with E-state index in [0.29, 0.717) is 0 Å². The van der Waals surface area contributed by atoms with Gasteiger partial charge in [-0.25, -0.2) is 0 Å². The first kappa shape index (κ1) is 20.2. The first-order valence-corrected chi connectivity index (χ1v) is 11.0. The normalized spacial score (nSPS) is 15.6. The Morgan fingerprint density at radius 2 is 0.963 bits per heavy atom. The van der Waals surface area contributed by atoms with E-state index in [2.05, 4.69) is 91.8 Å². The van der Waals surface area contributed by atoms with Crippen molar-refractivity contribution in [3.63, 3.8) is 0 Å². The van der Waals surface area contributed by atoms with E-state index in [-0.39, 0.29) is 16.2 Å². The summed E-state index contributed by atoms with van der Waals surface area (Å²) in [7, 11) is 0. The molecule has 0 saturated heterocycles. The lowest BCUT2D eigenvalue weighted by molar-refractivity contribution is 0.437. The van der Waals surface area contributed by atoms with Gasteiger partial charge < -0.3 is 0 Å². The molecule has 0 nitrogen and oxygen atoms in total. The van der Waals surface area contributed by atoms with Crippen LogP contribution < -0.4 is 0 Å².